The van der Waals surface area contributed by atoms with Crippen molar-refractivity contribution in [3.63, 3.8) is 0 Å². The maximum atomic E-state index is 15.4. The molecule has 322 valence electrons. The number of piperidine rings is 2. The first-order valence-corrected chi connectivity index (χ1v) is 21.5. The van der Waals surface area contributed by atoms with Crippen LogP contribution in [0.2, 0.25) is 0 Å². The first-order chi connectivity index (χ1) is 30.2. The van der Waals surface area contributed by atoms with Gasteiger partial charge in [-0.2, -0.15) is 5.10 Å². The SMILES string of the molecule is O=C1CCC(N2Cc3cc(OCCCCCC(=O)N4CCC(n5cc(-c6cnc7cccc(-c8cc(F)c(CN9CCOCC9)c(F)c8)c7n6)cn5)CC4)ccc3C2=O)C(=O)N1. The number of benzene rings is 3. The van der Waals surface area contributed by atoms with Gasteiger partial charge < -0.3 is 19.3 Å². The van der Waals surface area contributed by atoms with E-state index in [9.17, 15) is 19.2 Å². The summed E-state index contributed by atoms with van der Waals surface area (Å²) in [6.07, 6.45) is 10.3. The molecule has 9 rings (SSSR count). The smallest absolute Gasteiger partial charge is 0.255 e. The lowest BCUT2D eigenvalue weighted by molar-refractivity contribution is -0.137. The van der Waals surface area contributed by atoms with Gasteiger partial charge in [0.2, 0.25) is 17.7 Å². The number of amides is 4. The molecule has 1 N–H and O–H groups in total. The number of nitrogens with one attached hydrogen (secondary N) is 1. The highest BCUT2D eigenvalue weighted by atomic mass is 19.1. The Bertz CT molecular complexity index is 2490. The zero-order valence-electron chi connectivity index (χ0n) is 34.4. The lowest BCUT2D eigenvalue weighted by Gasteiger charge is -2.32. The van der Waals surface area contributed by atoms with Gasteiger partial charge in [0.05, 0.1) is 55.0 Å². The number of fused-ring (bicyclic) bond motifs is 2. The van der Waals surface area contributed by atoms with Gasteiger partial charge in [-0.05, 0) is 86.1 Å². The van der Waals surface area contributed by atoms with Crippen LogP contribution in [0.25, 0.3) is 33.4 Å². The van der Waals surface area contributed by atoms with Crippen molar-refractivity contribution in [1.82, 2.24) is 39.8 Å². The lowest BCUT2D eigenvalue weighted by Crippen LogP contribution is -2.52. The Hall–Kier alpha value is -6.13. The summed E-state index contributed by atoms with van der Waals surface area (Å²) in [5.41, 5.74) is 4.89. The Kier molecular flexibility index (Phi) is 12.0. The molecule has 5 aromatic rings. The molecule has 0 bridgehead atoms. The summed E-state index contributed by atoms with van der Waals surface area (Å²) in [4.78, 5) is 64.9. The average Bonchev–Trinajstić information content (AvgIpc) is 3.91. The van der Waals surface area contributed by atoms with Crippen molar-refractivity contribution in [3.8, 4) is 28.1 Å². The van der Waals surface area contributed by atoms with Crippen LogP contribution >= 0.6 is 0 Å². The summed E-state index contributed by atoms with van der Waals surface area (Å²) in [6.45, 7) is 4.58. The zero-order chi connectivity index (χ0) is 42.7. The molecular weight excluding hydrogens is 799 g/mol. The molecule has 4 aliphatic rings. The number of aromatic nitrogens is 4. The molecule has 1 atom stereocenters. The zero-order valence-corrected chi connectivity index (χ0v) is 34.4. The molecule has 3 saturated heterocycles. The van der Waals surface area contributed by atoms with Crippen molar-refractivity contribution in [2.24, 2.45) is 0 Å². The van der Waals surface area contributed by atoms with Gasteiger partial charge in [0.15, 0.2) is 0 Å². The second kappa shape index (κ2) is 18.1. The molecule has 62 heavy (non-hydrogen) atoms. The molecule has 2 aromatic heterocycles. The van der Waals surface area contributed by atoms with E-state index < -0.39 is 23.6 Å². The fourth-order valence-corrected chi connectivity index (χ4v) is 8.89. The Morgan fingerprint density at radius 1 is 0.887 bits per heavy atom. The number of ether oxygens (including phenoxy) is 2. The van der Waals surface area contributed by atoms with Crippen LogP contribution in [0.1, 0.15) is 78.9 Å². The van der Waals surface area contributed by atoms with Gasteiger partial charge in [-0.15, -0.1) is 0 Å². The number of halogens is 2. The third kappa shape index (κ3) is 8.79. The topological polar surface area (TPSA) is 152 Å². The molecule has 4 aliphatic heterocycles. The van der Waals surface area contributed by atoms with Crippen molar-refractivity contribution in [3.05, 3.63) is 95.4 Å². The van der Waals surface area contributed by atoms with Gasteiger partial charge in [0.1, 0.15) is 23.4 Å². The molecule has 16 heteroatoms. The quantitative estimate of drug-likeness (QED) is 0.113. The van der Waals surface area contributed by atoms with Crippen molar-refractivity contribution < 1.29 is 37.4 Å². The summed E-state index contributed by atoms with van der Waals surface area (Å²) in [5.74, 6) is -1.37. The number of carbonyl (C=O) groups is 4. The number of nitrogens with zero attached hydrogens (tertiary/aromatic N) is 7. The minimum atomic E-state index is -0.655. The fraction of sp³-hybridized carbons (Fsp3) is 0.413. The number of rotatable bonds is 13. The monoisotopic (exact) mass is 846 g/mol. The Labute approximate surface area is 357 Å². The summed E-state index contributed by atoms with van der Waals surface area (Å²) in [7, 11) is 0. The van der Waals surface area contributed by atoms with Crippen LogP contribution in [-0.4, -0.2) is 110 Å². The molecule has 14 nitrogen and oxygen atoms in total. The number of unbranched alkanes of at least 4 members (excludes halogenated alkanes) is 2. The second-order valence-electron chi connectivity index (χ2n) is 16.4. The number of likely N-dealkylation sites (tertiary alicyclic amines) is 1. The molecule has 3 aromatic carbocycles. The average molecular weight is 847 g/mol. The van der Waals surface area contributed by atoms with E-state index >= 15 is 8.78 Å². The fourth-order valence-electron chi connectivity index (χ4n) is 8.89. The van der Waals surface area contributed by atoms with E-state index in [1.165, 1.54) is 17.0 Å². The molecular formula is C46H48F2N8O6. The maximum Gasteiger partial charge on any atom is 0.255 e. The third-order valence-electron chi connectivity index (χ3n) is 12.4. The first kappa shape index (κ1) is 41.2. The van der Waals surface area contributed by atoms with Crippen LogP contribution in [0.3, 0.4) is 0 Å². The van der Waals surface area contributed by atoms with Gasteiger partial charge in [-0.1, -0.05) is 12.1 Å². The predicted molar refractivity (Wildman–Crippen MR) is 224 cm³/mol. The molecule has 0 saturated carbocycles. The van der Waals surface area contributed by atoms with Gasteiger partial charge in [0, 0.05) is 80.6 Å². The van der Waals surface area contributed by atoms with Crippen LogP contribution in [0.5, 0.6) is 5.75 Å². The van der Waals surface area contributed by atoms with Gasteiger partial charge >= 0.3 is 0 Å². The molecule has 6 heterocycles. The van der Waals surface area contributed by atoms with Crippen molar-refractivity contribution >= 4 is 34.7 Å². The van der Waals surface area contributed by atoms with Crippen molar-refractivity contribution in [2.45, 2.75) is 76.5 Å². The largest absolute Gasteiger partial charge is 0.494 e. The molecule has 4 amide bonds. The first-order valence-electron chi connectivity index (χ1n) is 21.5. The summed E-state index contributed by atoms with van der Waals surface area (Å²) in [5, 5.41) is 6.98. The number of carbonyl (C=O) groups excluding carboxylic acids is 4. The number of imide groups is 1. The number of morpholine rings is 1. The van der Waals surface area contributed by atoms with E-state index in [-0.39, 0.29) is 42.3 Å². The Morgan fingerprint density at radius 2 is 1.69 bits per heavy atom. The van der Waals surface area contributed by atoms with E-state index in [0.717, 1.165) is 43.2 Å². The highest BCUT2D eigenvalue weighted by Gasteiger charge is 2.39. The number of para-hydroxylation sites is 1. The Balaban J connectivity index is 0.734. The van der Waals surface area contributed by atoms with Crippen molar-refractivity contribution in [2.75, 3.05) is 46.0 Å². The summed E-state index contributed by atoms with van der Waals surface area (Å²) >= 11 is 0. The highest BCUT2D eigenvalue weighted by Crippen LogP contribution is 2.33. The molecule has 0 spiro atoms. The summed E-state index contributed by atoms with van der Waals surface area (Å²) in [6, 6.07) is 13.0. The lowest BCUT2D eigenvalue weighted by atomic mass is 10.0. The third-order valence-corrected chi connectivity index (χ3v) is 12.4. The van der Waals surface area contributed by atoms with E-state index in [1.54, 1.807) is 36.7 Å². The van der Waals surface area contributed by atoms with E-state index in [2.05, 4.69) is 15.4 Å². The summed E-state index contributed by atoms with van der Waals surface area (Å²) < 4.78 is 44.1. The molecule has 3 fully saturated rings. The van der Waals surface area contributed by atoms with E-state index in [1.807, 2.05) is 32.8 Å². The van der Waals surface area contributed by atoms with Gasteiger partial charge in [-0.25, -0.2) is 13.8 Å². The molecule has 0 aliphatic carbocycles. The second-order valence-corrected chi connectivity index (χ2v) is 16.4. The van der Waals surface area contributed by atoms with Gasteiger partial charge in [-0.3, -0.25) is 39.1 Å². The minimum absolute atomic E-state index is 0.0438. The van der Waals surface area contributed by atoms with Gasteiger partial charge in [0.25, 0.3) is 5.91 Å². The van der Waals surface area contributed by atoms with Crippen LogP contribution in [0, 0.1) is 11.6 Å². The standard InChI is InChI=1S/C46H48F2N8O6/c47-37-22-29(23-38(48)36(37)28-53-16-19-61-20-17-53)34-5-4-6-39-44(34)51-40(25-49-39)31-24-50-56(27-31)32-12-14-54(15-13-32)43(58)7-2-1-3-18-62-33-8-9-35-30(21-33)26-55(46(35)60)41-10-11-42(57)52-45(41)59/h4-6,8-9,21-25,27,32,41H,1-3,7,10-20,26,28H2,(H,52,57,59). The van der Waals surface area contributed by atoms with Crippen LogP contribution in [0.4, 0.5) is 8.78 Å². The Morgan fingerprint density at radius 3 is 2.48 bits per heavy atom. The molecule has 0 radical (unpaired) electrons. The van der Waals surface area contributed by atoms with Crippen LogP contribution < -0.4 is 10.1 Å². The van der Waals surface area contributed by atoms with E-state index in [4.69, 9.17) is 14.5 Å². The number of hydrogen-bond donors (Lipinski definition) is 1. The van der Waals surface area contributed by atoms with Crippen LogP contribution in [-0.2, 0) is 32.2 Å². The van der Waals surface area contributed by atoms with E-state index in [0.29, 0.717) is 105 Å². The normalized spacial score (nSPS) is 18.7. The number of hydrogen-bond acceptors (Lipinski definition) is 10. The minimum Gasteiger partial charge on any atom is -0.494 e. The van der Waals surface area contributed by atoms with Crippen LogP contribution in [0.15, 0.2) is 67.1 Å². The predicted octanol–water partition coefficient (Wildman–Crippen LogP) is 5.83. The maximum absolute atomic E-state index is 15.4. The highest BCUT2D eigenvalue weighted by molar-refractivity contribution is 6.05. The molecule has 1 unspecified atom stereocenters. The van der Waals surface area contributed by atoms with Crippen molar-refractivity contribution in [1.29, 1.82) is 0 Å².